The van der Waals surface area contributed by atoms with E-state index in [0.29, 0.717) is 6.04 Å². The molecule has 1 heterocycles. The Bertz CT molecular complexity index is 569. The molecule has 6 heteroatoms. The summed E-state index contributed by atoms with van der Waals surface area (Å²) in [7, 11) is 5.94. The molecule has 0 spiro atoms. The minimum absolute atomic E-state index is 0.292. The van der Waals surface area contributed by atoms with Gasteiger partial charge in [0, 0.05) is 13.1 Å². The van der Waals surface area contributed by atoms with Gasteiger partial charge in [0.05, 0.1) is 19.7 Å². The number of rotatable bonds is 10. The summed E-state index contributed by atoms with van der Waals surface area (Å²) in [5.74, 6) is 1.82. The van der Waals surface area contributed by atoms with E-state index in [2.05, 4.69) is 59.7 Å². The van der Waals surface area contributed by atoms with Crippen molar-refractivity contribution >= 4 is 5.96 Å². The van der Waals surface area contributed by atoms with E-state index in [4.69, 9.17) is 9.73 Å². The Balaban J connectivity index is 2.05. The van der Waals surface area contributed by atoms with Crippen molar-refractivity contribution in [3.8, 4) is 5.75 Å². The summed E-state index contributed by atoms with van der Waals surface area (Å²) in [6, 6.07) is 8.71. The van der Waals surface area contributed by atoms with E-state index in [0.717, 1.165) is 57.4 Å². The quantitative estimate of drug-likeness (QED) is 0.373. The normalized spacial score (nSPS) is 16.6. The first-order valence-electron chi connectivity index (χ1n) is 10.2. The van der Waals surface area contributed by atoms with Gasteiger partial charge in [-0.15, -0.1) is 0 Å². The first kappa shape index (κ1) is 21.5. The number of methoxy groups -OCH3 is 1. The molecule has 1 fully saturated rings. The highest BCUT2D eigenvalue weighted by atomic mass is 16.5. The second-order valence-corrected chi connectivity index (χ2v) is 7.34. The molecule has 0 bridgehead atoms. The first-order valence-corrected chi connectivity index (χ1v) is 10.2. The number of aliphatic imine (C=N–C) groups is 1. The summed E-state index contributed by atoms with van der Waals surface area (Å²) >= 11 is 0. The number of nitrogens with zero attached hydrogens (tertiary/aromatic N) is 3. The van der Waals surface area contributed by atoms with E-state index in [9.17, 15) is 0 Å². The van der Waals surface area contributed by atoms with E-state index in [1.54, 1.807) is 7.11 Å². The van der Waals surface area contributed by atoms with Gasteiger partial charge < -0.3 is 20.3 Å². The average molecular weight is 376 g/mol. The van der Waals surface area contributed by atoms with Gasteiger partial charge in [0.15, 0.2) is 5.96 Å². The molecule has 6 nitrogen and oxygen atoms in total. The van der Waals surface area contributed by atoms with Crippen molar-refractivity contribution in [2.24, 2.45) is 4.99 Å². The lowest BCUT2D eigenvalue weighted by atomic mass is 10.1. The van der Waals surface area contributed by atoms with Gasteiger partial charge in [-0.3, -0.25) is 9.89 Å². The fourth-order valence-electron chi connectivity index (χ4n) is 3.46. The van der Waals surface area contributed by atoms with E-state index < -0.39 is 0 Å². The molecular formula is C21H37N5O. The lowest BCUT2D eigenvalue weighted by Crippen LogP contribution is -2.39. The summed E-state index contributed by atoms with van der Waals surface area (Å²) in [6.45, 7) is 8.01. The highest BCUT2D eigenvalue weighted by Gasteiger charge is 2.23. The zero-order valence-electron chi connectivity index (χ0n) is 17.5. The molecule has 0 aromatic heterocycles. The van der Waals surface area contributed by atoms with Crippen LogP contribution in [0.15, 0.2) is 29.3 Å². The van der Waals surface area contributed by atoms with Gasteiger partial charge in [0.25, 0.3) is 0 Å². The summed E-state index contributed by atoms with van der Waals surface area (Å²) in [5.41, 5.74) is 1.28. The number of benzene rings is 1. The second kappa shape index (κ2) is 11.8. The number of ether oxygens (including phenoxy) is 1. The molecule has 1 aliphatic rings. The van der Waals surface area contributed by atoms with Gasteiger partial charge in [0.2, 0.25) is 0 Å². The van der Waals surface area contributed by atoms with Crippen LogP contribution in [0.3, 0.4) is 0 Å². The van der Waals surface area contributed by atoms with Gasteiger partial charge in [-0.05, 0) is 77.6 Å². The summed E-state index contributed by atoms with van der Waals surface area (Å²) < 4.78 is 5.43. The molecule has 0 saturated carbocycles. The SMILES string of the molecule is CCNC(=NCC(c1cccc(OC)c1)N1CCCC1)NCCCN(C)C. The highest BCUT2D eigenvalue weighted by molar-refractivity contribution is 5.79. The predicted molar refractivity (Wildman–Crippen MR) is 114 cm³/mol. The average Bonchev–Trinajstić information content (AvgIpc) is 3.19. The Kier molecular flexibility index (Phi) is 9.42. The molecule has 1 unspecified atom stereocenters. The van der Waals surface area contributed by atoms with Crippen LogP contribution in [0.4, 0.5) is 0 Å². The molecule has 0 aliphatic carbocycles. The van der Waals surface area contributed by atoms with Gasteiger partial charge in [0.1, 0.15) is 5.75 Å². The molecule has 1 atom stereocenters. The van der Waals surface area contributed by atoms with Crippen molar-refractivity contribution in [2.45, 2.75) is 32.2 Å². The Morgan fingerprint density at radius 1 is 1.26 bits per heavy atom. The van der Waals surface area contributed by atoms with Crippen molar-refractivity contribution in [3.05, 3.63) is 29.8 Å². The van der Waals surface area contributed by atoms with Crippen LogP contribution in [0.25, 0.3) is 0 Å². The number of guanidine groups is 1. The van der Waals surface area contributed by atoms with E-state index in [-0.39, 0.29) is 0 Å². The van der Waals surface area contributed by atoms with Gasteiger partial charge in [-0.1, -0.05) is 12.1 Å². The predicted octanol–water partition coefficient (Wildman–Crippen LogP) is 2.34. The molecule has 27 heavy (non-hydrogen) atoms. The minimum atomic E-state index is 0.292. The molecule has 1 aromatic carbocycles. The molecule has 1 aromatic rings. The Labute approximate surface area is 165 Å². The lowest BCUT2D eigenvalue weighted by molar-refractivity contribution is 0.251. The molecule has 2 rings (SSSR count). The van der Waals surface area contributed by atoms with E-state index in [1.165, 1.54) is 18.4 Å². The molecule has 152 valence electrons. The van der Waals surface area contributed by atoms with Crippen LogP contribution in [-0.4, -0.2) is 76.2 Å². The molecule has 0 radical (unpaired) electrons. The Morgan fingerprint density at radius 3 is 2.70 bits per heavy atom. The number of nitrogens with one attached hydrogen (secondary N) is 2. The van der Waals surface area contributed by atoms with Crippen molar-refractivity contribution < 1.29 is 4.74 Å². The summed E-state index contributed by atoms with van der Waals surface area (Å²) in [5, 5.41) is 6.84. The number of hydrogen-bond donors (Lipinski definition) is 2. The third-order valence-corrected chi connectivity index (χ3v) is 4.90. The van der Waals surface area contributed by atoms with Crippen molar-refractivity contribution in [1.82, 2.24) is 20.4 Å². The molecule has 1 aliphatic heterocycles. The maximum atomic E-state index is 5.43. The second-order valence-electron chi connectivity index (χ2n) is 7.34. The zero-order chi connectivity index (χ0) is 19.5. The van der Waals surface area contributed by atoms with Crippen LogP contribution in [0.1, 0.15) is 37.8 Å². The number of likely N-dealkylation sites (tertiary alicyclic amines) is 1. The van der Waals surface area contributed by atoms with E-state index >= 15 is 0 Å². The summed E-state index contributed by atoms with van der Waals surface area (Å²) in [6.07, 6.45) is 3.64. The van der Waals surface area contributed by atoms with Crippen molar-refractivity contribution in [1.29, 1.82) is 0 Å². The van der Waals surface area contributed by atoms with E-state index in [1.807, 2.05) is 6.07 Å². The highest BCUT2D eigenvalue weighted by Crippen LogP contribution is 2.27. The third-order valence-electron chi connectivity index (χ3n) is 4.90. The molecular weight excluding hydrogens is 338 g/mol. The van der Waals surface area contributed by atoms with Crippen LogP contribution < -0.4 is 15.4 Å². The molecule has 1 saturated heterocycles. The van der Waals surface area contributed by atoms with Crippen molar-refractivity contribution in [2.75, 3.05) is 60.5 Å². The first-order chi connectivity index (χ1) is 13.1. The fourth-order valence-corrected chi connectivity index (χ4v) is 3.46. The minimum Gasteiger partial charge on any atom is -0.497 e. The van der Waals surface area contributed by atoms with Crippen LogP contribution >= 0.6 is 0 Å². The van der Waals surface area contributed by atoms with Crippen LogP contribution in [0, 0.1) is 0 Å². The van der Waals surface area contributed by atoms with Crippen molar-refractivity contribution in [3.63, 3.8) is 0 Å². The van der Waals surface area contributed by atoms with Crippen LogP contribution in [0.2, 0.25) is 0 Å². The fraction of sp³-hybridized carbons (Fsp3) is 0.667. The maximum Gasteiger partial charge on any atom is 0.191 e. The third kappa shape index (κ3) is 7.39. The Hall–Kier alpha value is -1.79. The Morgan fingerprint density at radius 2 is 2.04 bits per heavy atom. The number of hydrogen-bond acceptors (Lipinski definition) is 4. The summed E-state index contributed by atoms with van der Waals surface area (Å²) in [4.78, 5) is 9.66. The zero-order valence-corrected chi connectivity index (χ0v) is 17.5. The van der Waals surface area contributed by atoms with Crippen LogP contribution in [-0.2, 0) is 0 Å². The topological polar surface area (TPSA) is 52.1 Å². The van der Waals surface area contributed by atoms with Gasteiger partial charge >= 0.3 is 0 Å². The standard InChI is InChI=1S/C21H37N5O/c1-5-22-21(23-12-9-13-25(2)3)24-17-20(26-14-6-7-15-26)18-10-8-11-19(16-18)27-4/h8,10-11,16,20H,5-7,9,12-15,17H2,1-4H3,(H2,22,23,24). The largest absolute Gasteiger partial charge is 0.497 e. The van der Waals surface area contributed by atoms with Gasteiger partial charge in [-0.2, -0.15) is 0 Å². The molecule has 0 amide bonds. The van der Waals surface area contributed by atoms with Gasteiger partial charge in [-0.25, -0.2) is 0 Å². The monoisotopic (exact) mass is 375 g/mol. The molecule has 2 N–H and O–H groups in total. The maximum absolute atomic E-state index is 5.43. The lowest BCUT2D eigenvalue weighted by Gasteiger charge is -2.27. The van der Waals surface area contributed by atoms with Crippen LogP contribution in [0.5, 0.6) is 5.75 Å². The smallest absolute Gasteiger partial charge is 0.191 e.